The van der Waals surface area contributed by atoms with Crippen LogP contribution < -0.4 is 0 Å². The molecule has 91 heavy (non-hydrogen) atoms. The maximum Gasteiger partial charge on any atom is 0.156 e. The fourth-order valence-corrected chi connectivity index (χ4v) is 19.0. The van der Waals surface area contributed by atoms with Crippen LogP contribution in [-0.4, -0.2) is 32.0 Å². The first-order valence-electron chi connectivity index (χ1n) is 31.3. The lowest BCUT2D eigenvalue weighted by Gasteiger charge is -2.03. The molecule has 12 aromatic heterocycles. The summed E-state index contributed by atoms with van der Waals surface area (Å²) in [6.07, 6.45) is 0. The molecule has 0 aliphatic heterocycles. The van der Waals surface area contributed by atoms with Crippen molar-refractivity contribution in [3.63, 3.8) is 0 Å². The molecule has 12 heteroatoms. The lowest BCUT2D eigenvalue weighted by atomic mass is 10.1. The van der Waals surface area contributed by atoms with Crippen molar-refractivity contribution in [1.29, 1.82) is 0 Å². The average molecular weight is 1270 g/mol. The van der Waals surface area contributed by atoms with Gasteiger partial charge in [0.05, 0.1) is 30.8 Å². The van der Waals surface area contributed by atoms with Crippen molar-refractivity contribution in [2.45, 2.75) is 83.1 Å². The number of para-hydroxylation sites is 2. The van der Waals surface area contributed by atoms with E-state index < -0.39 is 0 Å². The number of thiophene rings is 4. The van der Waals surface area contributed by atoms with E-state index in [1.165, 1.54) is 182 Å². The van der Waals surface area contributed by atoms with Crippen molar-refractivity contribution in [2.24, 2.45) is 49.3 Å². The minimum absolute atomic E-state index is 0.981. The number of furan rings is 1. The zero-order valence-corrected chi connectivity index (χ0v) is 59.3. The molecule has 0 spiro atoms. The van der Waals surface area contributed by atoms with Gasteiger partial charge >= 0.3 is 0 Å². The maximum atomic E-state index is 5.86. The van der Waals surface area contributed by atoms with E-state index in [1.54, 1.807) is 0 Å². The Morgan fingerprint density at radius 3 is 1.23 bits per heavy atom. The fraction of sp³-hybridized carbons (Fsp3) is 0.241. The number of benzene rings is 6. The van der Waals surface area contributed by atoms with Gasteiger partial charge in [-0.15, -0.1) is 45.3 Å². The number of hydrogen-bond donors (Lipinski definition) is 0. The average Bonchev–Trinajstić information content (AvgIpc) is 1.71. The fourth-order valence-electron chi connectivity index (χ4n) is 13.8. The van der Waals surface area contributed by atoms with Crippen LogP contribution in [-0.2, 0) is 49.3 Å². The molecule has 0 aliphatic carbocycles. The molecule has 0 amide bonds. The number of fused-ring (bicyclic) bond motifs is 18. The van der Waals surface area contributed by atoms with Gasteiger partial charge in [0, 0.05) is 173 Å². The molecule has 18 rings (SSSR count). The minimum Gasteiger partial charge on any atom is -0.454 e. The lowest BCUT2D eigenvalue weighted by Crippen LogP contribution is -1.97. The van der Waals surface area contributed by atoms with Crippen molar-refractivity contribution >= 4 is 170 Å². The Bertz CT molecular complexity index is 5160. The van der Waals surface area contributed by atoms with Crippen LogP contribution in [0.2, 0.25) is 0 Å². The highest BCUT2D eigenvalue weighted by molar-refractivity contribution is 7.27. The zero-order chi connectivity index (χ0) is 64.3. The molecule has 8 nitrogen and oxygen atoms in total. The van der Waals surface area contributed by atoms with Crippen LogP contribution in [0.3, 0.4) is 0 Å². The predicted octanol–water partition coefficient (Wildman–Crippen LogP) is 22.9. The SMILES string of the molecule is Cc1c(C)n(C)c2c1c1ccccc1n2C.Cc1c(C)n(C)c2c1sc1ccccc12.Cc1c(C)n(C)c2sc3ccccc3c12.Cc1c2oc3ccccc3c2c(C)n1C.Cc1c2sc3ccccc3c2c(C)n1C.Cc1c2sc3ccccc3c2c(C)n1C. The summed E-state index contributed by atoms with van der Waals surface area (Å²) in [5.41, 5.74) is 22.3. The molecule has 0 saturated heterocycles. The van der Waals surface area contributed by atoms with Gasteiger partial charge in [-0.1, -0.05) is 109 Å². The van der Waals surface area contributed by atoms with Gasteiger partial charge in [0.15, 0.2) is 5.58 Å². The molecule has 0 aliphatic rings. The largest absolute Gasteiger partial charge is 0.454 e. The molecule has 0 fully saturated rings. The molecule has 0 atom stereocenters. The van der Waals surface area contributed by atoms with Crippen LogP contribution in [0, 0.1) is 83.1 Å². The summed E-state index contributed by atoms with van der Waals surface area (Å²) in [4.78, 5) is 1.39. The highest BCUT2D eigenvalue weighted by Gasteiger charge is 2.20. The molecule has 6 aromatic carbocycles. The number of nitrogens with zero attached hydrogens (tertiary/aromatic N) is 7. The molecule has 18 aromatic rings. The first kappa shape index (κ1) is 61.3. The van der Waals surface area contributed by atoms with Gasteiger partial charge in [0.1, 0.15) is 16.1 Å². The van der Waals surface area contributed by atoms with Gasteiger partial charge < -0.3 is 36.4 Å². The van der Waals surface area contributed by atoms with E-state index in [4.69, 9.17) is 4.42 Å². The Kier molecular flexibility index (Phi) is 15.9. The zero-order valence-electron chi connectivity index (χ0n) is 56.0. The van der Waals surface area contributed by atoms with Crippen LogP contribution in [0.1, 0.15) is 67.9 Å². The lowest BCUT2D eigenvalue weighted by molar-refractivity contribution is 0.659. The Morgan fingerprint density at radius 2 is 0.670 bits per heavy atom. The van der Waals surface area contributed by atoms with Gasteiger partial charge in [-0.2, -0.15) is 0 Å². The number of aromatic nitrogens is 7. The van der Waals surface area contributed by atoms with Crippen molar-refractivity contribution in [2.75, 3.05) is 0 Å². The second-order valence-corrected chi connectivity index (χ2v) is 28.9. The van der Waals surface area contributed by atoms with E-state index in [1.807, 2.05) is 57.5 Å². The van der Waals surface area contributed by atoms with Crippen LogP contribution in [0.4, 0.5) is 0 Å². The maximum absolute atomic E-state index is 5.86. The van der Waals surface area contributed by atoms with E-state index in [0.717, 1.165) is 11.2 Å². The quantitative estimate of drug-likeness (QED) is 0.149. The second kappa shape index (κ2) is 23.6. The summed E-state index contributed by atoms with van der Waals surface area (Å²) in [6.45, 7) is 26.2. The molecule has 0 N–H and O–H groups in total. The predicted molar refractivity (Wildman–Crippen MR) is 402 cm³/mol. The van der Waals surface area contributed by atoms with Crippen molar-refractivity contribution < 1.29 is 4.42 Å². The van der Waals surface area contributed by atoms with Crippen molar-refractivity contribution in [3.8, 4) is 0 Å². The van der Waals surface area contributed by atoms with E-state index in [2.05, 4.69) is 298 Å². The normalized spacial score (nSPS) is 11.7. The summed E-state index contributed by atoms with van der Waals surface area (Å²) in [6, 6.07) is 51.5. The van der Waals surface area contributed by atoms with E-state index in [9.17, 15) is 0 Å². The summed E-state index contributed by atoms with van der Waals surface area (Å²) in [5.74, 6) is 0. The molecular formula is C79H81N7OS4. The molecule has 0 radical (unpaired) electrons. The standard InChI is InChI=1S/C14H16N2.C13H13NO.4C13H13NS/c1-9-10(2)15(3)14-13(9)11-7-5-6-8-12(11)16(14)4;3*1-8-12-10-6-4-5-7-11(10)15-13(12)9(2)14(8)3;1-8-9(2)14(3)12-10-6-4-5-7-11(10)15-13(8)12;1-8-9(2)14(3)13-12(8)10-6-4-5-7-11(10)15-13/h5-8H,1-4H3;5*4-7H,1-3H3. The summed E-state index contributed by atoms with van der Waals surface area (Å²) in [7, 11) is 15.0. The van der Waals surface area contributed by atoms with E-state index in [-0.39, 0.29) is 0 Å². The van der Waals surface area contributed by atoms with E-state index in [0.29, 0.717) is 0 Å². The van der Waals surface area contributed by atoms with Gasteiger partial charge in [-0.3, -0.25) is 0 Å². The molecule has 0 bridgehead atoms. The van der Waals surface area contributed by atoms with Gasteiger partial charge in [0.2, 0.25) is 0 Å². The van der Waals surface area contributed by atoms with Crippen LogP contribution in [0.25, 0.3) is 125 Å². The van der Waals surface area contributed by atoms with Crippen LogP contribution in [0.5, 0.6) is 0 Å². The van der Waals surface area contributed by atoms with Gasteiger partial charge in [-0.05, 0) is 136 Å². The summed E-state index contributed by atoms with van der Waals surface area (Å²) < 4.78 is 31.7. The van der Waals surface area contributed by atoms with Gasteiger partial charge in [-0.25, -0.2) is 0 Å². The van der Waals surface area contributed by atoms with Crippen LogP contribution >= 0.6 is 45.3 Å². The molecular weight excluding hydrogens is 1190 g/mol. The van der Waals surface area contributed by atoms with Crippen molar-refractivity contribution in [3.05, 3.63) is 214 Å². The third kappa shape index (κ3) is 9.77. The first-order chi connectivity index (χ1) is 43.6. The third-order valence-corrected chi connectivity index (χ3v) is 25.4. The highest BCUT2D eigenvalue weighted by atomic mass is 32.1. The summed E-state index contributed by atoms with van der Waals surface area (Å²) in [5, 5.41) is 15.1. The molecule has 0 unspecified atom stereocenters. The first-order valence-corrected chi connectivity index (χ1v) is 34.5. The second-order valence-electron chi connectivity index (χ2n) is 24.7. The number of rotatable bonds is 0. The Balaban J connectivity index is 0.0000000999. The Morgan fingerprint density at radius 1 is 0.275 bits per heavy atom. The smallest absolute Gasteiger partial charge is 0.156 e. The monoisotopic (exact) mass is 1270 g/mol. The van der Waals surface area contributed by atoms with Crippen molar-refractivity contribution in [1.82, 2.24) is 32.0 Å². The molecule has 0 saturated carbocycles. The Labute approximate surface area is 548 Å². The summed E-state index contributed by atoms with van der Waals surface area (Å²) >= 11 is 7.59. The number of hydrogen-bond acceptors (Lipinski definition) is 5. The molecule has 462 valence electrons. The number of aryl methyl sites for hydroxylation is 13. The van der Waals surface area contributed by atoms with E-state index >= 15 is 0 Å². The third-order valence-electron chi connectivity index (χ3n) is 20.3. The topological polar surface area (TPSA) is 47.6 Å². The Hall–Kier alpha value is -8.52. The molecule has 12 heterocycles. The van der Waals surface area contributed by atoms with Crippen LogP contribution in [0.15, 0.2) is 150 Å². The highest BCUT2D eigenvalue weighted by Crippen LogP contribution is 2.43. The minimum atomic E-state index is 0.981. The van der Waals surface area contributed by atoms with Gasteiger partial charge in [0.25, 0.3) is 0 Å².